The summed E-state index contributed by atoms with van der Waals surface area (Å²) >= 11 is 0. The summed E-state index contributed by atoms with van der Waals surface area (Å²) in [7, 11) is 0. The highest BCUT2D eigenvalue weighted by Crippen LogP contribution is 2.18. The van der Waals surface area contributed by atoms with Gasteiger partial charge < -0.3 is 5.11 Å². The minimum atomic E-state index is -4.81. The van der Waals surface area contributed by atoms with Crippen molar-refractivity contribution in [3.63, 3.8) is 0 Å². The zero-order valence-corrected chi connectivity index (χ0v) is 5.27. The lowest BCUT2D eigenvalue weighted by Gasteiger charge is -2.05. The molecule has 0 spiro atoms. The zero-order chi connectivity index (χ0) is 8.36. The molecule has 0 saturated carbocycles. The molecule has 5 heteroatoms. The lowest BCUT2D eigenvalue weighted by molar-refractivity contribution is -0.172. The van der Waals surface area contributed by atoms with Gasteiger partial charge in [0.25, 0.3) is 0 Å². The molecule has 0 saturated heterocycles. The second-order valence-electron chi connectivity index (χ2n) is 1.97. The Hall–Kier alpha value is -0.580. The summed E-state index contributed by atoms with van der Waals surface area (Å²) in [6.45, 7) is 1.13. The van der Waals surface area contributed by atoms with Gasteiger partial charge in [-0.05, 0) is 6.92 Å². The highest BCUT2D eigenvalue weighted by molar-refractivity contribution is 5.84. The maximum absolute atomic E-state index is 11.3. The molecule has 0 aromatic heterocycles. The quantitative estimate of drug-likeness (QED) is 0.644. The largest absolute Gasteiger partial charge is 0.450 e. The summed E-state index contributed by atoms with van der Waals surface area (Å²) in [6, 6.07) is 0. The van der Waals surface area contributed by atoms with Crippen LogP contribution in [0.25, 0.3) is 0 Å². The molecule has 0 aromatic rings. The molecule has 0 heterocycles. The standard InChI is InChI=1S/C5H7F3O2/c1-3(9)2-4(10)5(6,7)8/h3,9H,2H2,1H3/t3-/m1/s1. The summed E-state index contributed by atoms with van der Waals surface area (Å²) in [4.78, 5) is 9.99. The summed E-state index contributed by atoms with van der Waals surface area (Å²) in [6.07, 6.45) is -6.89. The number of halogens is 3. The minimum Gasteiger partial charge on any atom is -0.393 e. The van der Waals surface area contributed by atoms with E-state index in [1.807, 2.05) is 0 Å². The van der Waals surface area contributed by atoms with Crippen LogP contribution in [-0.2, 0) is 4.79 Å². The first-order chi connectivity index (χ1) is 4.34. The van der Waals surface area contributed by atoms with Crippen LogP contribution in [0.2, 0.25) is 0 Å². The maximum Gasteiger partial charge on any atom is 0.450 e. The van der Waals surface area contributed by atoms with Gasteiger partial charge in [0.2, 0.25) is 5.78 Å². The zero-order valence-electron chi connectivity index (χ0n) is 5.27. The van der Waals surface area contributed by atoms with E-state index in [2.05, 4.69) is 0 Å². The number of carbonyl (C=O) groups is 1. The molecule has 1 atom stereocenters. The monoisotopic (exact) mass is 156 g/mol. The van der Waals surface area contributed by atoms with Gasteiger partial charge in [0.1, 0.15) is 0 Å². The molecule has 0 unspecified atom stereocenters. The third kappa shape index (κ3) is 3.45. The molecule has 0 fully saturated rings. The molecular weight excluding hydrogens is 149 g/mol. The van der Waals surface area contributed by atoms with Crippen molar-refractivity contribution in [3.8, 4) is 0 Å². The summed E-state index contributed by atoms with van der Waals surface area (Å²) < 4.78 is 34.0. The van der Waals surface area contributed by atoms with E-state index in [0.717, 1.165) is 6.92 Å². The Morgan fingerprint density at radius 3 is 2.10 bits per heavy atom. The van der Waals surface area contributed by atoms with E-state index in [1.54, 1.807) is 0 Å². The van der Waals surface area contributed by atoms with Crippen molar-refractivity contribution in [2.45, 2.75) is 25.6 Å². The van der Waals surface area contributed by atoms with Crippen LogP contribution in [0.1, 0.15) is 13.3 Å². The van der Waals surface area contributed by atoms with Crippen molar-refractivity contribution in [2.75, 3.05) is 0 Å². The fourth-order valence-electron chi connectivity index (χ4n) is 0.384. The van der Waals surface area contributed by atoms with Crippen molar-refractivity contribution >= 4 is 5.78 Å². The van der Waals surface area contributed by atoms with E-state index in [4.69, 9.17) is 5.11 Å². The Bertz CT molecular complexity index is 127. The normalized spacial score (nSPS) is 14.9. The molecular formula is C5H7F3O2. The SMILES string of the molecule is C[C@@H](O)CC(=O)C(F)(F)F. The Morgan fingerprint density at radius 1 is 1.60 bits per heavy atom. The van der Waals surface area contributed by atoms with Crippen LogP contribution >= 0.6 is 0 Å². The third-order valence-electron chi connectivity index (χ3n) is 0.797. The van der Waals surface area contributed by atoms with Gasteiger partial charge in [-0.15, -0.1) is 0 Å². The van der Waals surface area contributed by atoms with Gasteiger partial charge in [0.15, 0.2) is 0 Å². The van der Waals surface area contributed by atoms with Crippen LogP contribution in [0, 0.1) is 0 Å². The highest BCUT2D eigenvalue weighted by atomic mass is 19.4. The number of hydrogen-bond acceptors (Lipinski definition) is 2. The number of alkyl halides is 3. The number of aliphatic hydroxyl groups excluding tert-OH is 1. The number of hydrogen-bond donors (Lipinski definition) is 1. The number of rotatable bonds is 2. The maximum atomic E-state index is 11.3. The molecule has 0 bridgehead atoms. The number of carbonyl (C=O) groups excluding carboxylic acids is 1. The second-order valence-corrected chi connectivity index (χ2v) is 1.97. The van der Waals surface area contributed by atoms with E-state index >= 15 is 0 Å². The van der Waals surface area contributed by atoms with Gasteiger partial charge in [0, 0.05) is 6.42 Å². The molecule has 0 amide bonds. The molecule has 0 aliphatic heterocycles. The molecule has 60 valence electrons. The van der Waals surface area contributed by atoms with Crippen molar-refractivity contribution in [1.29, 1.82) is 0 Å². The van der Waals surface area contributed by atoms with E-state index in [0.29, 0.717) is 0 Å². The molecule has 0 aromatic carbocycles. The lowest BCUT2D eigenvalue weighted by atomic mass is 10.2. The van der Waals surface area contributed by atoms with Gasteiger partial charge in [0.05, 0.1) is 6.10 Å². The summed E-state index contributed by atoms with van der Waals surface area (Å²) in [5.74, 6) is -1.89. The lowest BCUT2D eigenvalue weighted by Crippen LogP contribution is -2.25. The first-order valence-electron chi connectivity index (χ1n) is 2.62. The van der Waals surface area contributed by atoms with E-state index in [-0.39, 0.29) is 0 Å². The first-order valence-corrected chi connectivity index (χ1v) is 2.62. The Morgan fingerprint density at radius 2 is 2.00 bits per heavy atom. The Labute approximate surface area is 55.7 Å². The van der Waals surface area contributed by atoms with Gasteiger partial charge >= 0.3 is 6.18 Å². The summed E-state index contributed by atoms with van der Waals surface area (Å²) in [5.41, 5.74) is 0. The average molecular weight is 156 g/mol. The molecule has 0 aliphatic rings. The van der Waals surface area contributed by atoms with Crippen LogP contribution in [0.3, 0.4) is 0 Å². The van der Waals surface area contributed by atoms with Crippen LogP contribution in [0.4, 0.5) is 13.2 Å². The molecule has 0 aliphatic carbocycles. The fourth-order valence-corrected chi connectivity index (χ4v) is 0.384. The highest BCUT2D eigenvalue weighted by Gasteiger charge is 2.38. The Balaban J connectivity index is 3.87. The smallest absolute Gasteiger partial charge is 0.393 e. The number of Topliss-reactive ketones (excluding diaryl/α,β-unsaturated/α-hetero) is 1. The molecule has 10 heavy (non-hydrogen) atoms. The fraction of sp³-hybridized carbons (Fsp3) is 0.800. The molecule has 0 rings (SSSR count). The second kappa shape index (κ2) is 3.01. The van der Waals surface area contributed by atoms with Gasteiger partial charge in [-0.1, -0.05) is 0 Å². The molecule has 1 N–H and O–H groups in total. The van der Waals surface area contributed by atoms with E-state index < -0.39 is 24.5 Å². The topological polar surface area (TPSA) is 37.3 Å². The molecule has 2 nitrogen and oxygen atoms in total. The third-order valence-corrected chi connectivity index (χ3v) is 0.797. The van der Waals surface area contributed by atoms with E-state index in [1.165, 1.54) is 0 Å². The van der Waals surface area contributed by atoms with Crippen molar-refractivity contribution in [1.82, 2.24) is 0 Å². The summed E-state index contributed by atoms with van der Waals surface area (Å²) in [5, 5.41) is 8.37. The van der Waals surface area contributed by atoms with E-state index in [9.17, 15) is 18.0 Å². The van der Waals surface area contributed by atoms with Gasteiger partial charge in [-0.25, -0.2) is 0 Å². The minimum absolute atomic E-state index is 0.858. The van der Waals surface area contributed by atoms with Crippen LogP contribution in [0.15, 0.2) is 0 Å². The van der Waals surface area contributed by atoms with Gasteiger partial charge in [-0.2, -0.15) is 13.2 Å². The number of ketones is 1. The van der Waals surface area contributed by atoms with Crippen molar-refractivity contribution in [2.24, 2.45) is 0 Å². The van der Waals surface area contributed by atoms with Crippen LogP contribution in [-0.4, -0.2) is 23.2 Å². The Kier molecular flexibility index (Phi) is 2.83. The predicted octanol–water partition coefficient (Wildman–Crippen LogP) is 0.889. The van der Waals surface area contributed by atoms with Crippen molar-refractivity contribution in [3.05, 3.63) is 0 Å². The van der Waals surface area contributed by atoms with Crippen LogP contribution in [0.5, 0.6) is 0 Å². The first kappa shape index (κ1) is 9.42. The van der Waals surface area contributed by atoms with Crippen LogP contribution < -0.4 is 0 Å². The van der Waals surface area contributed by atoms with Gasteiger partial charge in [-0.3, -0.25) is 4.79 Å². The number of aliphatic hydroxyl groups is 1. The van der Waals surface area contributed by atoms with Crippen molar-refractivity contribution < 1.29 is 23.1 Å². The predicted molar refractivity (Wildman–Crippen MR) is 27.4 cm³/mol. The molecule has 0 radical (unpaired) electrons. The average Bonchev–Trinajstić information content (AvgIpc) is 1.60.